The molecule has 0 aromatic heterocycles. The minimum absolute atomic E-state index is 0.0793. The Labute approximate surface area is 113 Å². The van der Waals surface area contributed by atoms with E-state index >= 15 is 0 Å². The molecule has 1 N–H and O–H groups in total. The van der Waals surface area contributed by atoms with Crippen molar-refractivity contribution in [2.75, 3.05) is 4.90 Å². The van der Waals surface area contributed by atoms with Gasteiger partial charge in [0.25, 0.3) is 0 Å². The Morgan fingerprint density at radius 1 is 1.11 bits per heavy atom. The third-order valence-electron chi connectivity index (χ3n) is 3.12. The summed E-state index contributed by atoms with van der Waals surface area (Å²) >= 11 is 5.86. The van der Waals surface area contributed by atoms with Gasteiger partial charge in [0.1, 0.15) is 17.5 Å². The normalized spacial score (nSPS) is 13.8. The molecule has 0 unspecified atom stereocenters. The van der Waals surface area contributed by atoms with E-state index in [-0.39, 0.29) is 11.5 Å². The molecule has 0 saturated heterocycles. The third-order valence-corrected chi connectivity index (χ3v) is 3.36. The smallest absolute Gasteiger partial charge is 0.146 e. The molecule has 3 rings (SSSR count). The predicted octanol–water partition coefficient (Wildman–Crippen LogP) is 3.96. The number of halogens is 3. The Morgan fingerprint density at radius 3 is 2.68 bits per heavy atom. The lowest BCUT2D eigenvalue weighted by Crippen LogP contribution is -2.24. The summed E-state index contributed by atoms with van der Waals surface area (Å²) in [6, 6.07) is 8.42. The maximum absolute atomic E-state index is 13.8. The molecule has 0 bridgehead atoms. The number of nitrogens with one attached hydrogen (secondary N) is 1. The number of hydrogen-bond acceptors (Lipinski definition) is 1. The summed E-state index contributed by atoms with van der Waals surface area (Å²) in [5.41, 5.74) is 1.51. The van der Waals surface area contributed by atoms with Crippen molar-refractivity contribution >= 4 is 23.1 Å². The topological polar surface area (TPSA) is 27.1 Å². The molecule has 0 fully saturated rings. The first kappa shape index (κ1) is 12.1. The van der Waals surface area contributed by atoms with E-state index in [9.17, 15) is 8.78 Å². The highest BCUT2D eigenvalue weighted by Crippen LogP contribution is 2.32. The third kappa shape index (κ3) is 1.98. The van der Waals surface area contributed by atoms with Crippen LogP contribution in [-0.2, 0) is 6.54 Å². The Balaban J connectivity index is 2.06. The van der Waals surface area contributed by atoms with E-state index in [0.717, 1.165) is 5.56 Å². The van der Waals surface area contributed by atoms with E-state index in [0.29, 0.717) is 17.1 Å². The van der Waals surface area contributed by atoms with E-state index in [1.807, 2.05) is 0 Å². The zero-order chi connectivity index (χ0) is 13.6. The van der Waals surface area contributed by atoms with E-state index in [1.54, 1.807) is 6.07 Å². The van der Waals surface area contributed by atoms with Gasteiger partial charge in [-0.05, 0) is 35.9 Å². The van der Waals surface area contributed by atoms with Crippen LogP contribution in [0.25, 0.3) is 0 Å². The van der Waals surface area contributed by atoms with Crippen LogP contribution >= 0.6 is 11.6 Å². The molecule has 0 atom stereocenters. The summed E-state index contributed by atoms with van der Waals surface area (Å²) < 4.78 is 27.0. The molecule has 2 nitrogen and oxygen atoms in total. The lowest BCUT2D eigenvalue weighted by molar-refractivity contribution is 0.625. The number of amidine groups is 1. The lowest BCUT2D eigenvalue weighted by Gasteiger charge is -2.18. The van der Waals surface area contributed by atoms with Gasteiger partial charge in [-0.25, -0.2) is 8.78 Å². The second kappa shape index (κ2) is 4.31. The summed E-state index contributed by atoms with van der Waals surface area (Å²) in [6.07, 6.45) is 0. The van der Waals surface area contributed by atoms with Gasteiger partial charge in [-0.15, -0.1) is 0 Å². The van der Waals surface area contributed by atoms with Crippen LogP contribution in [0.5, 0.6) is 0 Å². The van der Waals surface area contributed by atoms with Crippen LogP contribution in [-0.4, -0.2) is 5.84 Å². The van der Waals surface area contributed by atoms with Crippen LogP contribution in [0.2, 0.25) is 5.02 Å². The van der Waals surface area contributed by atoms with Gasteiger partial charge in [0.2, 0.25) is 0 Å². The Kier molecular flexibility index (Phi) is 2.75. The molecular formula is C14H9ClF2N2. The average Bonchev–Trinajstić information content (AvgIpc) is 2.70. The molecule has 0 spiro atoms. The van der Waals surface area contributed by atoms with Crippen LogP contribution in [0.3, 0.4) is 0 Å². The van der Waals surface area contributed by atoms with E-state index in [1.165, 1.54) is 35.2 Å². The maximum Gasteiger partial charge on any atom is 0.146 e. The number of nitrogens with zero attached hydrogens (tertiary/aromatic N) is 1. The fraction of sp³-hybridized carbons (Fsp3) is 0.0714. The van der Waals surface area contributed by atoms with E-state index in [2.05, 4.69) is 0 Å². The summed E-state index contributed by atoms with van der Waals surface area (Å²) in [5, 5.41) is 8.43. The highest BCUT2D eigenvalue weighted by atomic mass is 35.5. The molecule has 0 saturated carbocycles. The summed E-state index contributed by atoms with van der Waals surface area (Å²) in [4.78, 5) is 1.48. The Bertz CT molecular complexity index is 685. The number of fused-ring (bicyclic) bond motifs is 1. The maximum atomic E-state index is 13.8. The number of anilines is 1. The molecule has 5 heteroatoms. The summed E-state index contributed by atoms with van der Waals surface area (Å²) in [7, 11) is 0. The van der Waals surface area contributed by atoms with Crippen LogP contribution in [0.4, 0.5) is 14.5 Å². The van der Waals surface area contributed by atoms with Crippen molar-refractivity contribution < 1.29 is 8.78 Å². The van der Waals surface area contributed by atoms with Crippen molar-refractivity contribution in [3.05, 3.63) is 64.2 Å². The van der Waals surface area contributed by atoms with Gasteiger partial charge in [0.15, 0.2) is 0 Å². The van der Waals surface area contributed by atoms with Gasteiger partial charge in [0, 0.05) is 10.6 Å². The molecule has 2 aromatic rings. The van der Waals surface area contributed by atoms with Crippen molar-refractivity contribution in [3.8, 4) is 0 Å². The van der Waals surface area contributed by atoms with Crippen LogP contribution < -0.4 is 4.90 Å². The Hall–Kier alpha value is -1.94. The number of benzene rings is 2. The number of rotatable bonds is 1. The largest absolute Gasteiger partial charge is 0.319 e. The second-order valence-corrected chi connectivity index (χ2v) is 4.77. The van der Waals surface area contributed by atoms with Gasteiger partial charge in [-0.1, -0.05) is 17.7 Å². The van der Waals surface area contributed by atoms with Crippen molar-refractivity contribution in [1.29, 1.82) is 5.41 Å². The molecule has 19 heavy (non-hydrogen) atoms. The Morgan fingerprint density at radius 2 is 1.89 bits per heavy atom. The molecule has 96 valence electrons. The van der Waals surface area contributed by atoms with Crippen LogP contribution in [0, 0.1) is 17.0 Å². The SMILES string of the molecule is N=C1c2cc(F)ccc2CN1c1cc(Cl)ccc1F. The molecule has 1 aliphatic rings. The molecule has 1 heterocycles. The highest BCUT2D eigenvalue weighted by molar-refractivity contribution is 6.31. The molecule has 0 amide bonds. The highest BCUT2D eigenvalue weighted by Gasteiger charge is 2.27. The molecular weight excluding hydrogens is 270 g/mol. The van der Waals surface area contributed by atoms with Crippen molar-refractivity contribution in [1.82, 2.24) is 0 Å². The van der Waals surface area contributed by atoms with E-state index in [4.69, 9.17) is 17.0 Å². The fourth-order valence-electron chi connectivity index (χ4n) is 2.20. The summed E-state index contributed by atoms with van der Waals surface area (Å²) in [6.45, 7) is 0.339. The zero-order valence-electron chi connectivity index (χ0n) is 9.75. The predicted molar refractivity (Wildman–Crippen MR) is 70.8 cm³/mol. The molecule has 2 aromatic carbocycles. The number of hydrogen-bond donors (Lipinski definition) is 1. The zero-order valence-corrected chi connectivity index (χ0v) is 10.5. The van der Waals surface area contributed by atoms with Crippen LogP contribution in [0.1, 0.15) is 11.1 Å². The van der Waals surface area contributed by atoms with Gasteiger partial charge in [0.05, 0.1) is 12.2 Å². The van der Waals surface area contributed by atoms with Crippen LogP contribution in [0.15, 0.2) is 36.4 Å². The van der Waals surface area contributed by atoms with Gasteiger partial charge >= 0.3 is 0 Å². The monoisotopic (exact) mass is 278 g/mol. The summed E-state index contributed by atoms with van der Waals surface area (Å²) in [5.74, 6) is -0.782. The fourth-order valence-corrected chi connectivity index (χ4v) is 2.37. The first-order valence-corrected chi connectivity index (χ1v) is 6.04. The van der Waals surface area contributed by atoms with Gasteiger partial charge in [-0.2, -0.15) is 0 Å². The second-order valence-electron chi connectivity index (χ2n) is 4.33. The molecule has 0 radical (unpaired) electrons. The minimum Gasteiger partial charge on any atom is -0.319 e. The van der Waals surface area contributed by atoms with Crippen molar-refractivity contribution in [2.45, 2.75) is 6.54 Å². The van der Waals surface area contributed by atoms with Crippen molar-refractivity contribution in [3.63, 3.8) is 0 Å². The average molecular weight is 279 g/mol. The lowest BCUT2D eigenvalue weighted by atomic mass is 10.1. The first-order valence-electron chi connectivity index (χ1n) is 5.66. The molecule has 1 aliphatic heterocycles. The van der Waals surface area contributed by atoms with Gasteiger partial charge in [-0.3, -0.25) is 5.41 Å². The van der Waals surface area contributed by atoms with Crippen molar-refractivity contribution in [2.24, 2.45) is 0 Å². The quantitative estimate of drug-likeness (QED) is 0.840. The standard InChI is InChI=1S/C14H9ClF2N2/c15-9-2-4-12(17)13(5-9)19-7-8-1-3-10(16)6-11(8)14(19)18/h1-6,18H,7H2. The molecule has 0 aliphatic carbocycles. The van der Waals surface area contributed by atoms with Gasteiger partial charge < -0.3 is 4.90 Å². The first-order chi connectivity index (χ1) is 9.06. The minimum atomic E-state index is -0.456. The van der Waals surface area contributed by atoms with E-state index < -0.39 is 11.6 Å².